The molecule has 0 fully saturated rings. The molecule has 0 radical (unpaired) electrons. The normalized spacial score (nSPS) is 13.0. The number of anilines is 1. The van der Waals surface area contributed by atoms with Crippen LogP contribution in [0.2, 0.25) is 5.02 Å². The second-order valence-electron chi connectivity index (χ2n) is 12.9. The van der Waals surface area contributed by atoms with E-state index in [1.54, 1.807) is 45.0 Å². The van der Waals surface area contributed by atoms with Crippen molar-refractivity contribution in [2.75, 3.05) is 5.32 Å². The summed E-state index contributed by atoms with van der Waals surface area (Å²) in [5, 5.41) is 15.9. The number of para-hydroxylation sites is 1. The maximum atomic E-state index is 14.7. The van der Waals surface area contributed by atoms with Gasteiger partial charge in [-0.25, -0.2) is 4.79 Å². The molecule has 0 saturated carbocycles. The third-order valence-electron chi connectivity index (χ3n) is 7.01. The Kier molecular flexibility index (Phi) is 11.1. The predicted octanol–water partition coefficient (Wildman–Crippen LogP) is 7.36. The molecule has 2 unspecified atom stereocenters. The van der Waals surface area contributed by atoms with Gasteiger partial charge in [0.2, 0.25) is 5.91 Å². The summed E-state index contributed by atoms with van der Waals surface area (Å²) in [4.78, 5) is 43.5. The third kappa shape index (κ3) is 9.23. The smallest absolute Gasteiger partial charge is 0.408 e. The highest BCUT2D eigenvalue weighted by Crippen LogP contribution is 2.33. The van der Waals surface area contributed by atoms with Crippen molar-refractivity contribution in [2.45, 2.75) is 91.5 Å². The van der Waals surface area contributed by atoms with E-state index in [0.29, 0.717) is 21.8 Å². The fourth-order valence-electron chi connectivity index (χ4n) is 4.87. The second kappa shape index (κ2) is 14.2. The van der Waals surface area contributed by atoms with Gasteiger partial charge >= 0.3 is 6.09 Å². The zero-order chi connectivity index (χ0) is 32.8. The minimum absolute atomic E-state index is 0.0789. The monoisotopic (exact) mass is 621 g/mol. The van der Waals surface area contributed by atoms with Crippen LogP contribution in [0.5, 0.6) is 5.75 Å². The molecular weight excluding hydrogens is 578 g/mol. The van der Waals surface area contributed by atoms with E-state index in [-0.39, 0.29) is 12.2 Å². The lowest BCUT2D eigenvalue weighted by Gasteiger charge is -2.43. The van der Waals surface area contributed by atoms with Crippen molar-refractivity contribution in [2.24, 2.45) is 0 Å². The summed E-state index contributed by atoms with van der Waals surface area (Å²) >= 11 is 6.48. The molecule has 3 N–H and O–H groups in total. The number of ether oxygens (including phenoxy) is 1. The summed E-state index contributed by atoms with van der Waals surface area (Å²) in [5.74, 6) is -0.850. The van der Waals surface area contributed by atoms with Crippen molar-refractivity contribution in [1.29, 1.82) is 0 Å². The van der Waals surface area contributed by atoms with Crippen LogP contribution in [0.4, 0.5) is 10.5 Å². The fraction of sp³-hybridized carbons (Fsp3) is 0.400. The van der Waals surface area contributed by atoms with E-state index in [4.69, 9.17) is 16.3 Å². The van der Waals surface area contributed by atoms with Gasteiger partial charge in [-0.05, 0) is 95.3 Å². The van der Waals surface area contributed by atoms with E-state index in [2.05, 4.69) is 10.6 Å². The zero-order valence-electron chi connectivity index (χ0n) is 26.8. The van der Waals surface area contributed by atoms with Crippen LogP contribution in [-0.4, -0.2) is 45.1 Å². The van der Waals surface area contributed by atoms with Crippen LogP contribution < -0.4 is 10.6 Å². The number of benzene rings is 3. The highest BCUT2D eigenvalue weighted by molar-refractivity contribution is 6.34. The van der Waals surface area contributed by atoms with Crippen LogP contribution in [0.3, 0.4) is 0 Å². The summed E-state index contributed by atoms with van der Waals surface area (Å²) in [6.07, 6.45) is 0.146. The molecule has 9 heteroatoms. The molecule has 0 aliphatic rings. The van der Waals surface area contributed by atoms with Gasteiger partial charge in [0.1, 0.15) is 23.4 Å². The Balaban J connectivity index is 2.14. The first kappa shape index (κ1) is 34.5. The molecule has 0 heterocycles. The van der Waals surface area contributed by atoms with E-state index in [1.807, 2.05) is 65.0 Å². The molecule has 3 amide bonds. The number of aromatic hydroxyl groups is 1. The summed E-state index contributed by atoms with van der Waals surface area (Å²) in [6.45, 7) is 14.6. The second-order valence-corrected chi connectivity index (χ2v) is 13.3. The predicted molar refractivity (Wildman–Crippen MR) is 175 cm³/mol. The van der Waals surface area contributed by atoms with Gasteiger partial charge in [0.05, 0.1) is 10.7 Å². The number of hydrogen-bond acceptors (Lipinski definition) is 5. The van der Waals surface area contributed by atoms with Crippen molar-refractivity contribution in [3.63, 3.8) is 0 Å². The molecule has 0 bridgehead atoms. The van der Waals surface area contributed by atoms with Gasteiger partial charge in [-0.15, -0.1) is 0 Å². The third-order valence-corrected chi connectivity index (χ3v) is 7.32. The first-order valence-corrected chi connectivity index (χ1v) is 15.1. The lowest BCUT2D eigenvalue weighted by molar-refractivity contribution is -0.146. The molecule has 2 atom stereocenters. The molecule has 0 aromatic heterocycles. The zero-order valence-corrected chi connectivity index (χ0v) is 27.6. The number of phenolic OH excluding ortho intramolecular Hbond substituents is 1. The van der Waals surface area contributed by atoms with Gasteiger partial charge in [-0.3, -0.25) is 9.59 Å². The lowest BCUT2D eigenvalue weighted by atomic mass is 9.93. The topological polar surface area (TPSA) is 108 Å². The lowest BCUT2D eigenvalue weighted by Crippen LogP contribution is -2.58. The number of halogens is 1. The van der Waals surface area contributed by atoms with Crippen LogP contribution in [0.1, 0.15) is 76.8 Å². The van der Waals surface area contributed by atoms with Crippen LogP contribution in [-0.2, 0) is 27.2 Å². The van der Waals surface area contributed by atoms with Crippen molar-refractivity contribution < 1.29 is 24.2 Å². The number of phenols is 1. The molecule has 44 heavy (non-hydrogen) atoms. The highest BCUT2D eigenvalue weighted by atomic mass is 35.5. The van der Waals surface area contributed by atoms with E-state index in [9.17, 15) is 19.5 Å². The molecule has 0 spiro atoms. The number of aryl methyl sites for hydroxylation is 2. The summed E-state index contributed by atoms with van der Waals surface area (Å²) in [7, 11) is 0. The largest absolute Gasteiger partial charge is 0.508 e. The van der Waals surface area contributed by atoms with E-state index >= 15 is 0 Å². The molecule has 236 valence electrons. The Morgan fingerprint density at radius 3 is 2.02 bits per heavy atom. The van der Waals surface area contributed by atoms with Crippen LogP contribution in [0, 0.1) is 6.92 Å². The Labute approximate surface area is 265 Å². The summed E-state index contributed by atoms with van der Waals surface area (Å²) < 4.78 is 5.51. The quantitative estimate of drug-likeness (QED) is 0.231. The number of alkyl carbamates (subject to hydrolysis) is 1. The molecule has 0 aliphatic heterocycles. The van der Waals surface area contributed by atoms with E-state index in [1.165, 1.54) is 17.0 Å². The summed E-state index contributed by atoms with van der Waals surface area (Å²) in [6, 6.07) is 17.1. The first-order chi connectivity index (χ1) is 20.5. The Morgan fingerprint density at radius 1 is 0.909 bits per heavy atom. The van der Waals surface area contributed by atoms with Gasteiger partial charge in [0.25, 0.3) is 5.91 Å². The minimum atomic E-state index is -1.10. The van der Waals surface area contributed by atoms with E-state index < -0.39 is 41.1 Å². The Hall–Kier alpha value is -4.04. The van der Waals surface area contributed by atoms with Crippen LogP contribution in [0.25, 0.3) is 0 Å². The van der Waals surface area contributed by atoms with Crippen LogP contribution >= 0.6 is 11.6 Å². The Morgan fingerprint density at radius 2 is 1.50 bits per heavy atom. The number of hydrogen-bond donors (Lipinski definition) is 3. The van der Waals surface area contributed by atoms with E-state index in [0.717, 1.165) is 17.5 Å². The number of nitrogens with one attached hydrogen (secondary N) is 2. The number of rotatable bonds is 9. The molecule has 3 aromatic rings. The van der Waals surface area contributed by atoms with Crippen molar-refractivity contribution >= 4 is 35.2 Å². The molecule has 0 aliphatic carbocycles. The summed E-state index contributed by atoms with van der Waals surface area (Å²) in [5.41, 5.74) is 1.95. The average Bonchev–Trinajstić information content (AvgIpc) is 2.92. The first-order valence-electron chi connectivity index (χ1n) is 14.8. The number of carbonyl (C=O) groups is 3. The molecule has 8 nitrogen and oxygen atoms in total. The van der Waals surface area contributed by atoms with Gasteiger partial charge < -0.3 is 25.4 Å². The minimum Gasteiger partial charge on any atom is -0.508 e. The maximum absolute atomic E-state index is 14.7. The molecule has 3 aromatic carbocycles. The standard InChI is InChI=1S/C35H44ClN3O5/c1-9-23-13-17-25(18-14-23)30(31(41)38-29-22(2)11-10-12-27(29)36)39(34(3,4)5)32(42)28(37-33(43)44-35(6,7)8)21-24-15-19-26(40)20-16-24/h10-20,28,30,40H,9,21H2,1-8H3,(H,37,43)(H,38,41). The van der Waals surface area contributed by atoms with Crippen molar-refractivity contribution in [3.05, 3.63) is 94.0 Å². The number of carbonyl (C=O) groups excluding carboxylic acids is 3. The van der Waals surface area contributed by atoms with Crippen molar-refractivity contribution in [3.8, 4) is 5.75 Å². The average molecular weight is 622 g/mol. The number of amides is 3. The number of nitrogens with zero attached hydrogens (tertiary/aromatic N) is 1. The van der Waals surface area contributed by atoms with Crippen molar-refractivity contribution in [1.82, 2.24) is 10.2 Å². The van der Waals surface area contributed by atoms with Gasteiger partial charge in [0.15, 0.2) is 0 Å². The Bertz CT molecular complexity index is 1440. The van der Waals surface area contributed by atoms with Gasteiger partial charge in [-0.1, -0.05) is 67.1 Å². The van der Waals surface area contributed by atoms with Gasteiger partial charge in [0, 0.05) is 12.0 Å². The fourth-order valence-corrected chi connectivity index (χ4v) is 5.13. The maximum Gasteiger partial charge on any atom is 0.408 e. The molecule has 3 rings (SSSR count). The van der Waals surface area contributed by atoms with Crippen LogP contribution in [0.15, 0.2) is 66.7 Å². The molecular formula is C35H44ClN3O5. The SMILES string of the molecule is CCc1ccc(C(C(=O)Nc2c(C)cccc2Cl)N(C(=O)C(Cc2ccc(O)cc2)NC(=O)OC(C)(C)C)C(C)(C)C)cc1. The molecule has 0 saturated heterocycles. The highest BCUT2D eigenvalue weighted by Gasteiger charge is 2.42. The van der Waals surface area contributed by atoms with Gasteiger partial charge in [-0.2, -0.15) is 0 Å².